The topological polar surface area (TPSA) is 110 Å². The van der Waals surface area contributed by atoms with Crippen molar-refractivity contribution in [3.05, 3.63) is 70.0 Å². The molecule has 1 heterocycles. The minimum atomic E-state index is -2.99. The van der Waals surface area contributed by atoms with Gasteiger partial charge >= 0.3 is 6.61 Å². The van der Waals surface area contributed by atoms with Gasteiger partial charge in [-0.2, -0.15) is 8.78 Å². The van der Waals surface area contributed by atoms with Crippen molar-refractivity contribution in [3.63, 3.8) is 0 Å². The van der Waals surface area contributed by atoms with Crippen LogP contribution in [0.4, 0.5) is 8.78 Å². The van der Waals surface area contributed by atoms with Crippen LogP contribution in [0, 0.1) is 0 Å². The highest BCUT2D eigenvalue weighted by atomic mass is 19.3. The summed E-state index contributed by atoms with van der Waals surface area (Å²) in [5.41, 5.74) is 0.723. The maximum atomic E-state index is 12.5. The Balaban J connectivity index is 1.51. The smallest absolute Gasteiger partial charge is 0.387 e. The number of carbonyl (C=O) groups is 2. The van der Waals surface area contributed by atoms with Crippen molar-refractivity contribution in [2.75, 3.05) is 20.2 Å². The van der Waals surface area contributed by atoms with Gasteiger partial charge in [-0.25, -0.2) is 0 Å². The van der Waals surface area contributed by atoms with Crippen molar-refractivity contribution in [1.82, 2.24) is 15.6 Å². The fourth-order valence-corrected chi connectivity index (χ4v) is 3.07. The van der Waals surface area contributed by atoms with Gasteiger partial charge < -0.3 is 25.1 Å². The Labute approximate surface area is 181 Å². The number of hydrogen-bond acceptors (Lipinski definition) is 5. The van der Waals surface area contributed by atoms with E-state index in [-0.39, 0.29) is 30.2 Å². The van der Waals surface area contributed by atoms with Gasteiger partial charge in [0.05, 0.1) is 13.7 Å². The number of benzene rings is 2. The Morgan fingerprint density at radius 1 is 1.09 bits per heavy atom. The molecule has 3 rings (SSSR count). The van der Waals surface area contributed by atoms with Gasteiger partial charge in [0.15, 0.2) is 11.5 Å². The molecule has 168 valence electrons. The van der Waals surface area contributed by atoms with Gasteiger partial charge in [-0.05, 0) is 36.2 Å². The van der Waals surface area contributed by atoms with E-state index in [4.69, 9.17) is 4.74 Å². The number of alkyl halides is 2. The quantitative estimate of drug-likeness (QED) is 0.468. The van der Waals surface area contributed by atoms with Crippen molar-refractivity contribution in [2.45, 2.75) is 13.0 Å². The number of carbonyl (C=O) groups excluding carboxylic acids is 2. The lowest BCUT2D eigenvalue weighted by Crippen LogP contribution is -2.39. The first-order chi connectivity index (χ1) is 15.4. The van der Waals surface area contributed by atoms with E-state index in [1.807, 2.05) is 0 Å². The predicted molar refractivity (Wildman–Crippen MR) is 113 cm³/mol. The van der Waals surface area contributed by atoms with E-state index in [9.17, 15) is 23.2 Å². The molecular formula is C22H21F2N3O5. The second kappa shape index (κ2) is 10.4. The van der Waals surface area contributed by atoms with Crippen LogP contribution < -0.4 is 25.5 Å². The number of rotatable bonds is 9. The van der Waals surface area contributed by atoms with E-state index in [2.05, 4.69) is 20.4 Å². The standard InChI is InChI=1S/C22H21F2N3O5/c1-31-17-7-6-13(10-18(17)32-22(23)24)8-9-25-19(28)12-27-21(30)15-11-26-16-5-3-2-4-14(16)20(15)29/h2-7,10-11,22H,8-9,12H2,1H3,(H,25,28)(H,26,29)(H,27,30). The van der Waals surface area contributed by atoms with Crippen molar-refractivity contribution in [3.8, 4) is 11.5 Å². The molecular weight excluding hydrogens is 424 g/mol. The number of methoxy groups -OCH3 is 1. The van der Waals surface area contributed by atoms with E-state index in [0.717, 1.165) is 0 Å². The Bertz CT molecular complexity index is 1180. The monoisotopic (exact) mass is 445 g/mol. The van der Waals surface area contributed by atoms with Gasteiger partial charge in [-0.1, -0.05) is 18.2 Å². The van der Waals surface area contributed by atoms with Gasteiger partial charge in [0, 0.05) is 23.6 Å². The molecule has 3 aromatic rings. The van der Waals surface area contributed by atoms with E-state index in [1.54, 1.807) is 30.3 Å². The van der Waals surface area contributed by atoms with E-state index in [1.165, 1.54) is 25.4 Å². The van der Waals surface area contributed by atoms with Crippen LogP contribution >= 0.6 is 0 Å². The highest BCUT2D eigenvalue weighted by Gasteiger charge is 2.14. The van der Waals surface area contributed by atoms with Crippen LogP contribution in [0.5, 0.6) is 11.5 Å². The number of fused-ring (bicyclic) bond motifs is 1. The second-order valence-corrected chi connectivity index (χ2v) is 6.72. The molecule has 0 atom stereocenters. The van der Waals surface area contributed by atoms with E-state index < -0.39 is 23.9 Å². The number of ether oxygens (including phenoxy) is 2. The first-order valence-corrected chi connectivity index (χ1v) is 9.66. The zero-order valence-electron chi connectivity index (χ0n) is 17.1. The molecule has 0 aliphatic heterocycles. The summed E-state index contributed by atoms with van der Waals surface area (Å²) in [6.07, 6.45) is 1.65. The molecule has 0 saturated heterocycles. The largest absolute Gasteiger partial charge is 0.493 e. The molecule has 0 aliphatic rings. The minimum Gasteiger partial charge on any atom is -0.493 e. The van der Waals surface area contributed by atoms with Crippen LogP contribution in [0.3, 0.4) is 0 Å². The fourth-order valence-electron chi connectivity index (χ4n) is 3.07. The highest BCUT2D eigenvalue weighted by molar-refractivity contribution is 5.98. The van der Waals surface area contributed by atoms with E-state index >= 15 is 0 Å². The van der Waals surface area contributed by atoms with Gasteiger partial charge in [0.25, 0.3) is 5.91 Å². The van der Waals surface area contributed by atoms with Crippen molar-refractivity contribution >= 4 is 22.7 Å². The number of aromatic amines is 1. The molecule has 3 N–H and O–H groups in total. The molecule has 32 heavy (non-hydrogen) atoms. The zero-order valence-corrected chi connectivity index (χ0v) is 17.1. The lowest BCUT2D eigenvalue weighted by atomic mass is 10.1. The van der Waals surface area contributed by atoms with Crippen LogP contribution in [-0.4, -0.2) is 43.6 Å². The average Bonchev–Trinajstić information content (AvgIpc) is 2.78. The third-order valence-electron chi connectivity index (χ3n) is 4.62. The minimum absolute atomic E-state index is 0.0960. The van der Waals surface area contributed by atoms with Crippen LogP contribution in [0.1, 0.15) is 15.9 Å². The summed E-state index contributed by atoms with van der Waals surface area (Å²) in [6.45, 7) is -3.11. The highest BCUT2D eigenvalue weighted by Crippen LogP contribution is 2.29. The molecule has 2 aromatic carbocycles. The maximum absolute atomic E-state index is 12.5. The Kier molecular flexibility index (Phi) is 7.37. The van der Waals surface area contributed by atoms with Crippen molar-refractivity contribution in [2.24, 2.45) is 0 Å². The van der Waals surface area contributed by atoms with Crippen LogP contribution in [0.25, 0.3) is 10.9 Å². The summed E-state index contributed by atoms with van der Waals surface area (Å²) in [6, 6.07) is 11.4. The predicted octanol–water partition coefficient (Wildman–Crippen LogP) is 2.23. The lowest BCUT2D eigenvalue weighted by molar-refractivity contribution is -0.120. The van der Waals surface area contributed by atoms with Crippen molar-refractivity contribution in [1.29, 1.82) is 0 Å². The summed E-state index contributed by atoms with van der Waals surface area (Å²) >= 11 is 0. The first-order valence-electron chi connectivity index (χ1n) is 9.66. The van der Waals surface area contributed by atoms with Crippen LogP contribution in [-0.2, 0) is 11.2 Å². The summed E-state index contributed by atoms with van der Waals surface area (Å²) < 4.78 is 34.4. The molecule has 0 aliphatic carbocycles. The van der Waals surface area contributed by atoms with Gasteiger partial charge in [-0.3, -0.25) is 14.4 Å². The number of amides is 2. The number of halogens is 2. The Morgan fingerprint density at radius 3 is 2.62 bits per heavy atom. The lowest BCUT2D eigenvalue weighted by Gasteiger charge is -2.12. The van der Waals surface area contributed by atoms with Gasteiger partial charge in [0.1, 0.15) is 5.56 Å². The van der Waals surface area contributed by atoms with Gasteiger partial charge in [0.2, 0.25) is 11.3 Å². The third-order valence-corrected chi connectivity index (χ3v) is 4.62. The fraction of sp³-hybridized carbons (Fsp3) is 0.227. The second-order valence-electron chi connectivity index (χ2n) is 6.72. The third kappa shape index (κ3) is 5.60. The molecule has 1 aromatic heterocycles. The van der Waals surface area contributed by atoms with Gasteiger partial charge in [-0.15, -0.1) is 0 Å². The average molecular weight is 445 g/mol. The Hall–Kier alpha value is -3.95. The number of nitrogens with one attached hydrogen (secondary N) is 3. The maximum Gasteiger partial charge on any atom is 0.387 e. The summed E-state index contributed by atoms with van der Waals surface area (Å²) in [5.74, 6) is -1.06. The molecule has 8 nitrogen and oxygen atoms in total. The summed E-state index contributed by atoms with van der Waals surface area (Å²) in [4.78, 5) is 39.6. The molecule has 10 heteroatoms. The molecule has 0 spiro atoms. The van der Waals surface area contributed by atoms with Crippen LogP contribution in [0.15, 0.2) is 53.5 Å². The molecule has 0 fully saturated rings. The number of pyridine rings is 1. The molecule has 0 bridgehead atoms. The SMILES string of the molecule is COc1ccc(CCNC(=O)CNC(=O)c2c[nH]c3ccccc3c2=O)cc1OC(F)F. The molecule has 0 unspecified atom stereocenters. The van der Waals surface area contributed by atoms with Crippen molar-refractivity contribution < 1.29 is 27.8 Å². The van der Waals surface area contributed by atoms with E-state index in [0.29, 0.717) is 22.9 Å². The first kappa shape index (κ1) is 22.7. The Morgan fingerprint density at radius 2 is 1.88 bits per heavy atom. The number of para-hydroxylation sites is 1. The van der Waals surface area contributed by atoms with Crippen LogP contribution in [0.2, 0.25) is 0 Å². The molecule has 0 saturated carbocycles. The molecule has 2 amide bonds. The summed E-state index contributed by atoms with van der Waals surface area (Å²) in [7, 11) is 1.34. The zero-order chi connectivity index (χ0) is 23.1. The number of H-pyrrole nitrogens is 1. The normalized spacial score (nSPS) is 10.8. The molecule has 0 radical (unpaired) electrons. The summed E-state index contributed by atoms with van der Waals surface area (Å²) in [5, 5.41) is 5.39. The number of aromatic nitrogens is 1. The number of hydrogen-bond donors (Lipinski definition) is 3.